The molecule has 4 aromatic rings. The molecular weight excluding hydrogens is 574 g/mol. The topological polar surface area (TPSA) is 65.1 Å². The quantitative estimate of drug-likeness (QED) is 0.246. The zero-order valence-electron chi connectivity index (χ0n) is 25.4. The third kappa shape index (κ3) is 6.68. The van der Waals surface area contributed by atoms with Crippen LogP contribution in [0.2, 0.25) is 0 Å². The van der Waals surface area contributed by atoms with E-state index < -0.39 is 23.1 Å². The van der Waals surface area contributed by atoms with Crippen LogP contribution in [-0.4, -0.2) is 55.5 Å². The lowest BCUT2D eigenvalue weighted by Gasteiger charge is -2.37. The number of anilines is 3. The molecule has 9 heteroatoms. The summed E-state index contributed by atoms with van der Waals surface area (Å²) in [4.78, 5) is 32.8. The van der Waals surface area contributed by atoms with Crippen LogP contribution in [0.3, 0.4) is 0 Å². The summed E-state index contributed by atoms with van der Waals surface area (Å²) in [5, 5.41) is 2.58. The zero-order valence-corrected chi connectivity index (χ0v) is 25.4. The van der Waals surface area contributed by atoms with E-state index in [4.69, 9.17) is 4.74 Å². The van der Waals surface area contributed by atoms with Crippen LogP contribution in [0.15, 0.2) is 84.9 Å². The number of nitrogens with zero attached hydrogens (tertiary/aromatic N) is 3. The molecule has 6 rings (SSSR count). The van der Waals surface area contributed by atoms with Gasteiger partial charge in [-0.2, -0.15) is 0 Å². The van der Waals surface area contributed by atoms with Crippen molar-refractivity contribution in [3.8, 4) is 5.75 Å². The van der Waals surface area contributed by atoms with Gasteiger partial charge in [0.1, 0.15) is 22.9 Å². The third-order valence-electron chi connectivity index (χ3n) is 8.19. The number of amides is 2. The van der Waals surface area contributed by atoms with Gasteiger partial charge in [0.15, 0.2) is 0 Å². The van der Waals surface area contributed by atoms with Gasteiger partial charge in [-0.05, 0) is 79.9 Å². The van der Waals surface area contributed by atoms with Crippen LogP contribution in [0.1, 0.15) is 45.7 Å². The van der Waals surface area contributed by atoms with E-state index in [0.29, 0.717) is 29.9 Å². The predicted octanol–water partition coefficient (Wildman–Crippen LogP) is 6.53. The van der Waals surface area contributed by atoms with E-state index in [1.165, 1.54) is 6.07 Å². The predicted molar refractivity (Wildman–Crippen MR) is 172 cm³/mol. The third-order valence-corrected chi connectivity index (χ3v) is 8.19. The number of hydrogen-bond donors (Lipinski definition) is 1. The highest BCUT2D eigenvalue weighted by atomic mass is 19.1. The standard InChI is InChI=1S/C36H36F2N4O3/c1-24(2)45-33-12-4-3-11-31(33)41-19-17-40(18-20-41)23-25-7-5-8-27(21-25)36(44)42-16-15-26-13-14-28(22-32(26)42)39-35(43)34-29(37)9-6-10-30(34)38/h3-14,21-22,24H,15-20,23H2,1-2H3,(H,39,43). The highest BCUT2D eigenvalue weighted by Gasteiger charge is 2.27. The molecule has 2 heterocycles. The van der Waals surface area contributed by atoms with Crippen LogP contribution in [0.5, 0.6) is 5.75 Å². The lowest BCUT2D eigenvalue weighted by molar-refractivity contribution is 0.0987. The van der Waals surface area contributed by atoms with Gasteiger partial charge >= 0.3 is 0 Å². The molecule has 232 valence electrons. The van der Waals surface area contributed by atoms with Crippen LogP contribution in [-0.2, 0) is 13.0 Å². The Morgan fingerprint density at radius 1 is 0.822 bits per heavy atom. The fourth-order valence-electron chi connectivity index (χ4n) is 6.01. The van der Waals surface area contributed by atoms with Crippen LogP contribution in [0.25, 0.3) is 0 Å². The fourth-order valence-corrected chi connectivity index (χ4v) is 6.01. The fraction of sp³-hybridized carbons (Fsp3) is 0.278. The molecule has 0 bridgehead atoms. The molecule has 1 N–H and O–H groups in total. The number of piperazine rings is 1. The van der Waals surface area contributed by atoms with Crippen molar-refractivity contribution in [1.29, 1.82) is 0 Å². The molecule has 45 heavy (non-hydrogen) atoms. The Balaban J connectivity index is 1.11. The first-order valence-corrected chi connectivity index (χ1v) is 15.3. The largest absolute Gasteiger partial charge is 0.489 e. The van der Waals surface area contributed by atoms with Gasteiger partial charge in [-0.25, -0.2) is 8.78 Å². The first-order valence-electron chi connectivity index (χ1n) is 15.3. The minimum atomic E-state index is -0.936. The van der Waals surface area contributed by atoms with Gasteiger partial charge in [-0.15, -0.1) is 0 Å². The van der Waals surface area contributed by atoms with E-state index in [1.54, 1.807) is 17.0 Å². The summed E-state index contributed by atoms with van der Waals surface area (Å²) < 4.78 is 34.3. The molecule has 0 radical (unpaired) electrons. The van der Waals surface area contributed by atoms with Gasteiger partial charge in [0.25, 0.3) is 11.8 Å². The number of carbonyl (C=O) groups is 2. The minimum Gasteiger partial charge on any atom is -0.489 e. The summed E-state index contributed by atoms with van der Waals surface area (Å²) in [5.74, 6) is -1.99. The average Bonchev–Trinajstić information content (AvgIpc) is 3.44. The Kier molecular flexibility index (Phi) is 8.80. The highest BCUT2D eigenvalue weighted by Crippen LogP contribution is 2.33. The van der Waals surface area contributed by atoms with E-state index in [-0.39, 0.29) is 12.0 Å². The van der Waals surface area contributed by atoms with Gasteiger partial charge in [0, 0.05) is 56.2 Å². The molecule has 1 fully saturated rings. The summed E-state index contributed by atoms with van der Waals surface area (Å²) in [7, 11) is 0. The number of ether oxygens (including phenoxy) is 1. The summed E-state index contributed by atoms with van der Waals surface area (Å²) in [5.41, 5.74) is 4.11. The van der Waals surface area contributed by atoms with Crippen LogP contribution in [0.4, 0.5) is 25.8 Å². The molecular formula is C36H36F2N4O3. The Labute approximate surface area is 262 Å². The number of carbonyl (C=O) groups excluding carboxylic acids is 2. The van der Waals surface area contributed by atoms with Crippen molar-refractivity contribution in [2.24, 2.45) is 0 Å². The molecule has 0 aromatic heterocycles. The maximum absolute atomic E-state index is 14.1. The average molecular weight is 611 g/mol. The number of benzene rings is 4. The van der Waals surface area contributed by atoms with Crippen LogP contribution >= 0.6 is 0 Å². The number of para-hydroxylation sites is 2. The van der Waals surface area contributed by atoms with E-state index in [0.717, 1.165) is 67.4 Å². The second-order valence-corrected chi connectivity index (χ2v) is 11.7. The maximum Gasteiger partial charge on any atom is 0.261 e. The molecule has 4 aromatic carbocycles. The summed E-state index contributed by atoms with van der Waals surface area (Å²) >= 11 is 0. The number of halogens is 2. The van der Waals surface area contributed by atoms with Crippen molar-refractivity contribution in [2.45, 2.75) is 32.9 Å². The smallest absolute Gasteiger partial charge is 0.261 e. The van der Waals surface area contributed by atoms with E-state index in [1.807, 2.05) is 62.4 Å². The molecule has 2 aliphatic rings. The Morgan fingerprint density at radius 3 is 2.31 bits per heavy atom. The summed E-state index contributed by atoms with van der Waals surface area (Å²) in [6.45, 7) is 8.84. The molecule has 2 amide bonds. The first kappa shape index (κ1) is 30.3. The molecule has 0 spiro atoms. The second-order valence-electron chi connectivity index (χ2n) is 11.7. The van der Waals surface area contributed by atoms with Crippen LogP contribution < -0.4 is 19.9 Å². The molecule has 7 nitrogen and oxygen atoms in total. The maximum atomic E-state index is 14.1. The molecule has 1 saturated heterocycles. The number of nitrogens with one attached hydrogen (secondary N) is 1. The van der Waals surface area contributed by atoms with Crippen molar-refractivity contribution < 1.29 is 23.1 Å². The van der Waals surface area contributed by atoms with Crippen molar-refractivity contribution in [1.82, 2.24) is 4.90 Å². The monoisotopic (exact) mass is 610 g/mol. The van der Waals surface area contributed by atoms with E-state index in [2.05, 4.69) is 21.2 Å². The zero-order chi connectivity index (χ0) is 31.5. The van der Waals surface area contributed by atoms with Crippen molar-refractivity contribution in [3.63, 3.8) is 0 Å². The second kappa shape index (κ2) is 13.1. The van der Waals surface area contributed by atoms with Gasteiger partial charge in [-0.1, -0.05) is 36.4 Å². The Morgan fingerprint density at radius 2 is 1.56 bits per heavy atom. The van der Waals surface area contributed by atoms with Crippen molar-refractivity contribution >= 4 is 28.9 Å². The Bertz CT molecular complexity index is 1700. The van der Waals surface area contributed by atoms with Gasteiger partial charge in [0.05, 0.1) is 11.8 Å². The highest BCUT2D eigenvalue weighted by molar-refractivity contribution is 6.09. The lowest BCUT2D eigenvalue weighted by Crippen LogP contribution is -2.46. The van der Waals surface area contributed by atoms with Gasteiger partial charge in [-0.3, -0.25) is 14.5 Å². The van der Waals surface area contributed by atoms with Crippen LogP contribution in [0, 0.1) is 11.6 Å². The Hall–Kier alpha value is -4.76. The summed E-state index contributed by atoms with van der Waals surface area (Å²) in [6.07, 6.45) is 0.780. The van der Waals surface area contributed by atoms with Gasteiger partial charge < -0.3 is 19.9 Å². The van der Waals surface area contributed by atoms with Gasteiger partial charge in [0.2, 0.25) is 0 Å². The molecule has 2 aliphatic heterocycles. The molecule has 0 atom stereocenters. The van der Waals surface area contributed by atoms with E-state index >= 15 is 0 Å². The number of fused-ring (bicyclic) bond motifs is 1. The van der Waals surface area contributed by atoms with E-state index in [9.17, 15) is 18.4 Å². The summed E-state index contributed by atoms with van der Waals surface area (Å²) in [6, 6.07) is 24.4. The molecule has 0 unspecified atom stereocenters. The number of hydrogen-bond acceptors (Lipinski definition) is 5. The normalized spacial score (nSPS) is 14.9. The first-order chi connectivity index (χ1) is 21.8. The van der Waals surface area contributed by atoms with Crippen molar-refractivity contribution in [2.75, 3.05) is 47.8 Å². The lowest BCUT2D eigenvalue weighted by atomic mass is 10.1. The molecule has 0 saturated carbocycles. The van der Waals surface area contributed by atoms with Crippen molar-refractivity contribution in [3.05, 3.63) is 119 Å². The number of rotatable bonds is 8. The molecule has 0 aliphatic carbocycles. The minimum absolute atomic E-state index is 0.107. The SMILES string of the molecule is CC(C)Oc1ccccc1N1CCN(Cc2cccc(C(=O)N3CCc4ccc(NC(=O)c5c(F)cccc5F)cc43)c2)CC1.